The van der Waals surface area contributed by atoms with E-state index in [9.17, 15) is 5.11 Å². The zero-order chi connectivity index (χ0) is 15.4. The van der Waals surface area contributed by atoms with Crippen molar-refractivity contribution in [2.45, 2.75) is 20.0 Å². The van der Waals surface area contributed by atoms with E-state index in [0.717, 1.165) is 26.9 Å². The Hall–Kier alpha value is -1.52. The van der Waals surface area contributed by atoms with Gasteiger partial charge in [-0.05, 0) is 49.2 Å². The fraction of sp³-hybridized carbons (Fsp3) is 0.294. The molecule has 0 aliphatic heterocycles. The lowest BCUT2D eigenvalue weighted by atomic mass is 9.99. The molecule has 0 aliphatic carbocycles. The van der Waals surface area contributed by atoms with E-state index in [1.165, 1.54) is 0 Å². The van der Waals surface area contributed by atoms with Crippen molar-refractivity contribution in [1.29, 1.82) is 0 Å². The molecule has 4 heteroatoms. The summed E-state index contributed by atoms with van der Waals surface area (Å²) in [5.41, 5.74) is 2.60. The molecule has 1 unspecified atom stereocenters. The highest BCUT2D eigenvalue weighted by atomic mass is 79.9. The van der Waals surface area contributed by atoms with E-state index in [1.54, 1.807) is 7.11 Å². The van der Waals surface area contributed by atoms with Crippen molar-refractivity contribution in [3.05, 3.63) is 57.6 Å². The van der Waals surface area contributed by atoms with Crippen molar-refractivity contribution in [3.63, 3.8) is 0 Å². The van der Waals surface area contributed by atoms with E-state index in [0.29, 0.717) is 12.4 Å². The Morgan fingerprint density at radius 1 is 1.19 bits per heavy atom. The van der Waals surface area contributed by atoms with E-state index in [2.05, 4.69) is 15.9 Å². The smallest absolute Gasteiger partial charge is 0.125 e. The molecule has 0 aromatic heterocycles. The van der Waals surface area contributed by atoms with Gasteiger partial charge >= 0.3 is 0 Å². The standard InChI is InChI=1S/C17H19BrO3/c1-4-21-13-7-5-12(6-8-13)17(19)14-10-15(18)11(2)9-16(14)20-3/h5-10,17,19H,4H2,1-3H3. The summed E-state index contributed by atoms with van der Waals surface area (Å²) in [4.78, 5) is 0. The van der Waals surface area contributed by atoms with Crippen LogP contribution >= 0.6 is 15.9 Å². The van der Waals surface area contributed by atoms with Gasteiger partial charge in [0.1, 0.15) is 17.6 Å². The van der Waals surface area contributed by atoms with Crippen LogP contribution in [0.1, 0.15) is 29.7 Å². The second-order valence-corrected chi connectivity index (χ2v) is 5.60. The molecule has 1 N–H and O–H groups in total. The monoisotopic (exact) mass is 350 g/mol. The molecule has 3 nitrogen and oxygen atoms in total. The van der Waals surface area contributed by atoms with Crippen molar-refractivity contribution >= 4 is 15.9 Å². The van der Waals surface area contributed by atoms with E-state index < -0.39 is 6.10 Å². The molecule has 0 spiro atoms. The van der Waals surface area contributed by atoms with Gasteiger partial charge in [0.2, 0.25) is 0 Å². The summed E-state index contributed by atoms with van der Waals surface area (Å²) in [7, 11) is 1.61. The topological polar surface area (TPSA) is 38.7 Å². The highest BCUT2D eigenvalue weighted by Gasteiger charge is 2.17. The zero-order valence-corrected chi connectivity index (χ0v) is 14.0. The molecule has 2 rings (SSSR count). The Kier molecular flexibility index (Phi) is 5.26. The molecule has 0 bridgehead atoms. The number of aryl methyl sites for hydroxylation is 1. The molecule has 0 radical (unpaired) electrons. The molecule has 0 heterocycles. The third-order valence-corrected chi connectivity index (χ3v) is 4.17. The van der Waals surface area contributed by atoms with Crippen LogP contribution < -0.4 is 9.47 Å². The summed E-state index contributed by atoms with van der Waals surface area (Å²) in [5.74, 6) is 1.47. The Labute approximate surface area is 133 Å². The fourth-order valence-electron chi connectivity index (χ4n) is 2.15. The van der Waals surface area contributed by atoms with Gasteiger partial charge in [0.15, 0.2) is 0 Å². The summed E-state index contributed by atoms with van der Waals surface area (Å²) >= 11 is 3.50. The third-order valence-electron chi connectivity index (χ3n) is 3.31. The minimum atomic E-state index is -0.743. The van der Waals surface area contributed by atoms with Crippen LogP contribution in [-0.4, -0.2) is 18.8 Å². The second kappa shape index (κ2) is 6.96. The van der Waals surface area contributed by atoms with Crippen LogP contribution in [0.15, 0.2) is 40.9 Å². The lowest BCUT2D eigenvalue weighted by Gasteiger charge is -2.17. The first-order chi connectivity index (χ1) is 10.1. The summed E-state index contributed by atoms with van der Waals surface area (Å²) in [5, 5.41) is 10.6. The zero-order valence-electron chi connectivity index (χ0n) is 12.4. The third kappa shape index (κ3) is 3.57. The molecular weight excluding hydrogens is 332 g/mol. The lowest BCUT2D eigenvalue weighted by molar-refractivity contribution is 0.214. The van der Waals surface area contributed by atoms with Crippen LogP contribution in [0.4, 0.5) is 0 Å². The second-order valence-electron chi connectivity index (χ2n) is 4.75. The van der Waals surface area contributed by atoms with Crippen molar-refractivity contribution in [2.75, 3.05) is 13.7 Å². The Morgan fingerprint density at radius 2 is 1.86 bits per heavy atom. The maximum atomic E-state index is 10.6. The van der Waals surface area contributed by atoms with Crippen LogP contribution in [0.3, 0.4) is 0 Å². The number of halogens is 1. The molecule has 0 fully saturated rings. The molecule has 21 heavy (non-hydrogen) atoms. The van der Waals surface area contributed by atoms with Crippen LogP contribution in [-0.2, 0) is 0 Å². The van der Waals surface area contributed by atoms with Crippen molar-refractivity contribution < 1.29 is 14.6 Å². The van der Waals surface area contributed by atoms with E-state index in [-0.39, 0.29) is 0 Å². The van der Waals surface area contributed by atoms with E-state index in [1.807, 2.05) is 50.2 Å². The number of methoxy groups -OCH3 is 1. The van der Waals surface area contributed by atoms with Gasteiger partial charge < -0.3 is 14.6 Å². The van der Waals surface area contributed by atoms with Gasteiger partial charge in [0.25, 0.3) is 0 Å². The largest absolute Gasteiger partial charge is 0.496 e. The molecule has 0 amide bonds. The van der Waals surface area contributed by atoms with Gasteiger partial charge in [-0.1, -0.05) is 28.1 Å². The molecular formula is C17H19BrO3. The van der Waals surface area contributed by atoms with Gasteiger partial charge in [0.05, 0.1) is 13.7 Å². The van der Waals surface area contributed by atoms with Crippen molar-refractivity contribution in [1.82, 2.24) is 0 Å². The van der Waals surface area contributed by atoms with Crippen LogP contribution in [0.25, 0.3) is 0 Å². The number of rotatable bonds is 5. The molecule has 0 saturated carbocycles. The normalized spacial score (nSPS) is 12.0. The van der Waals surface area contributed by atoms with Gasteiger partial charge in [-0.15, -0.1) is 0 Å². The summed E-state index contributed by atoms with van der Waals surface area (Å²) in [6.07, 6.45) is -0.743. The summed E-state index contributed by atoms with van der Waals surface area (Å²) in [6.45, 7) is 4.55. The average molecular weight is 351 g/mol. The minimum absolute atomic E-state index is 0.626. The highest BCUT2D eigenvalue weighted by molar-refractivity contribution is 9.10. The Bertz CT molecular complexity index is 608. The van der Waals surface area contributed by atoms with Gasteiger partial charge in [-0.3, -0.25) is 0 Å². The van der Waals surface area contributed by atoms with Crippen LogP contribution in [0, 0.1) is 6.92 Å². The first kappa shape index (κ1) is 15.9. The highest BCUT2D eigenvalue weighted by Crippen LogP contribution is 2.34. The maximum Gasteiger partial charge on any atom is 0.125 e. The Balaban J connectivity index is 2.34. The summed E-state index contributed by atoms with van der Waals surface area (Å²) < 4.78 is 11.7. The molecule has 2 aromatic rings. The quantitative estimate of drug-likeness (QED) is 0.875. The minimum Gasteiger partial charge on any atom is -0.496 e. The predicted octanol–water partition coefficient (Wildman–Crippen LogP) is 4.25. The number of aliphatic hydroxyl groups excluding tert-OH is 1. The SMILES string of the molecule is CCOc1ccc(C(O)c2cc(Br)c(C)cc2OC)cc1. The van der Waals surface area contributed by atoms with Crippen molar-refractivity contribution in [2.24, 2.45) is 0 Å². The molecule has 0 aliphatic rings. The first-order valence-corrected chi connectivity index (χ1v) is 7.61. The van der Waals surface area contributed by atoms with Gasteiger partial charge in [-0.25, -0.2) is 0 Å². The number of aliphatic hydroxyl groups is 1. The number of hydrogen-bond acceptors (Lipinski definition) is 3. The summed E-state index contributed by atoms with van der Waals surface area (Å²) in [6, 6.07) is 11.3. The Morgan fingerprint density at radius 3 is 2.43 bits per heavy atom. The average Bonchev–Trinajstić information content (AvgIpc) is 2.50. The predicted molar refractivity (Wildman–Crippen MR) is 87.1 cm³/mol. The van der Waals surface area contributed by atoms with Crippen LogP contribution in [0.5, 0.6) is 11.5 Å². The number of ether oxygens (including phenoxy) is 2. The molecule has 112 valence electrons. The molecule has 1 atom stereocenters. The van der Waals surface area contributed by atoms with Crippen LogP contribution in [0.2, 0.25) is 0 Å². The van der Waals surface area contributed by atoms with Crippen molar-refractivity contribution in [3.8, 4) is 11.5 Å². The van der Waals surface area contributed by atoms with E-state index >= 15 is 0 Å². The maximum absolute atomic E-state index is 10.6. The number of benzene rings is 2. The number of hydrogen-bond donors (Lipinski definition) is 1. The van der Waals surface area contributed by atoms with Gasteiger partial charge in [-0.2, -0.15) is 0 Å². The first-order valence-electron chi connectivity index (χ1n) is 6.81. The lowest BCUT2D eigenvalue weighted by Crippen LogP contribution is -2.03. The van der Waals surface area contributed by atoms with Gasteiger partial charge in [0, 0.05) is 10.0 Å². The molecule has 2 aromatic carbocycles. The van der Waals surface area contributed by atoms with E-state index in [4.69, 9.17) is 9.47 Å². The molecule has 0 saturated heterocycles. The fourth-order valence-corrected chi connectivity index (χ4v) is 2.51.